The van der Waals surface area contributed by atoms with Crippen molar-refractivity contribution < 1.29 is 9.59 Å². The molecule has 3 unspecified atom stereocenters. The lowest BCUT2D eigenvalue weighted by Crippen LogP contribution is -2.20. The van der Waals surface area contributed by atoms with Gasteiger partial charge < -0.3 is 0 Å². The summed E-state index contributed by atoms with van der Waals surface area (Å²) >= 11 is 0. The lowest BCUT2D eigenvalue weighted by molar-refractivity contribution is -0.123. The SMILES string of the molecule is C=C(C)C(=O)CC1CC2CC1CC2=O. The normalized spacial score (nSPS) is 34.9. The van der Waals surface area contributed by atoms with Crippen LogP contribution >= 0.6 is 0 Å². The first kappa shape index (κ1) is 9.63. The first-order valence-electron chi connectivity index (χ1n) is 5.29. The van der Waals surface area contributed by atoms with Crippen molar-refractivity contribution in [3.8, 4) is 0 Å². The molecule has 2 fully saturated rings. The molecular formula is C12H16O2. The van der Waals surface area contributed by atoms with Crippen LogP contribution in [0.2, 0.25) is 0 Å². The first-order chi connectivity index (χ1) is 6.58. The maximum absolute atomic E-state index is 11.5. The van der Waals surface area contributed by atoms with Gasteiger partial charge in [0.05, 0.1) is 0 Å². The van der Waals surface area contributed by atoms with Gasteiger partial charge >= 0.3 is 0 Å². The molecule has 0 saturated heterocycles. The molecule has 0 spiro atoms. The largest absolute Gasteiger partial charge is 0.299 e. The fraction of sp³-hybridized carbons (Fsp3) is 0.667. The van der Waals surface area contributed by atoms with Crippen molar-refractivity contribution in [1.82, 2.24) is 0 Å². The van der Waals surface area contributed by atoms with Crippen LogP contribution in [0.3, 0.4) is 0 Å². The van der Waals surface area contributed by atoms with Crippen LogP contribution in [0.4, 0.5) is 0 Å². The Balaban J connectivity index is 1.94. The molecular weight excluding hydrogens is 176 g/mol. The Morgan fingerprint density at radius 2 is 2.21 bits per heavy atom. The van der Waals surface area contributed by atoms with Gasteiger partial charge in [-0.15, -0.1) is 0 Å². The number of hydrogen-bond acceptors (Lipinski definition) is 2. The van der Waals surface area contributed by atoms with Crippen molar-refractivity contribution in [1.29, 1.82) is 0 Å². The second-order valence-corrected chi connectivity index (χ2v) is 4.77. The molecule has 0 aromatic rings. The highest BCUT2D eigenvalue weighted by molar-refractivity contribution is 5.94. The summed E-state index contributed by atoms with van der Waals surface area (Å²) in [6.45, 7) is 5.42. The molecule has 14 heavy (non-hydrogen) atoms. The molecule has 0 radical (unpaired) electrons. The van der Waals surface area contributed by atoms with E-state index in [2.05, 4.69) is 6.58 Å². The highest BCUT2D eigenvalue weighted by Crippen LogP contribution is 2.47. The number of allylic oxidation sites excluding steroid dienone is 1. The third-order valence-corrected chi connectivity index (χ3v) is 3.68. The summed E-state index contributed by atoms with van der Waals surface area (Å²) in [6, 6.07) is 0. The highest BCUT2D eigenvalue weighted by atomic mass is 16.1. The minimum Gasteiger partial charge on any atom is -0.299 e. The van der Waals surface area contributed by atoms with Gasteiger partial charge in [0.15, 0.2) is 5.78 Å². The van der Waals surface area contributed by atoms with Gasteiger partial charge in [-0.1, -0.05) is 6.58 Å². The zero-order valence-electron chi connectivity index (χ0n) is 8.58. The monoisotopic (exact) mass is 192 g/mol. The number of carbonyl (C=O) groups excluding carboxylic acids is 2. The fourth-order valence-corrected chi connectivity index (χ4v) is 2.81. The molecule has 0 aromatic carbocycles. The molecule has 2 saturated carbocycles. The van der Waals surface area contributed by atoms with E-state index in [1.165, 1.54) is 0 Å². The van der Waals surface area contributed by atoms with Gasteiger partial charge in [0.25, 0.3) is 0 Å². The van der Waals surface area contributed by atoms with E-state index in [-0.39, 0.29) is 11.7 Å². The molecule has 76 valence electrons. The summed E-state index contributed by atoms with van der Waals surface area (Å²) in [4.78, 5) is 22.8. The maximum atomic E-state index is 11.5. The number of Topliss-reactive ketones (excluding diaryl/α,β-unsaturated/α-hetero) is 2. The van der Waals surface area contributed by atoms with Crippen molar-refractivity contribution in [3.63, 3.8) is 0 Å². The van der Waals surface area contributed by atoms with Crippen LogP contribution in [0.25, 0.3) is 0 Å². The molecule has 2 aliphatic rings. The van der Waals surface area contributed by atoms with Gasteiger partial charge in [0, 0.05) is 18.8 Å². The second-order valence-electron chi connectivity index (χ2n) is 4.77. The molecule has 2 heteroatoms. The van der Waals surface area contributed by atoms with Gasteiger partial charge in [-0.05, 0) is 37.2 Å². The van der Waals surface area contributed by atoms with Crippen molar-refractivity contribution in [3.05, 3.63) is 12.2 Å². The van der Waals surface area contributed by atoms with E-state index in [0.717, 1.165) is 19.3 Å². The average Bonchev–Trinajstić information content (AvgIpc) is 2.62. The van der Waals surface area contributed by atoms with E-state index < -0.39 is 0 Å². The molecule has 0 N–H and O–H groups in total. The van der Waals surface area contributed by atoms with E-state index in [1.54, 1.807) is 6.92 Å². The van der Waals surface area contributed by atoms with Gasteiger partial charge in [-0.3, -0.25) is 9.59 Å². The quantitative estimate of drug-likeness (QED) is 0.642. The Hall–Kier alpha value is -0.920. The molecule has 0 aromatic heterocycles. The van der Waals surface area contributed by atoms with Crippen molar-refractivity contribution in [2.45, 2.75) is 32.6 Å². The summed E-state index contributed by atoms with van der Waals surface area (Å²) in [6.07, 6.45) is 3.32. The van der Waals surface area contributed by atoms with Gasteiger partial charge in [0.1, 0.15) is 5.78 Å². The number of fused-ring (bicyclic) bond motifs is 2. The fourth-order valence-electron chi connectivity index (χ4n) is 2.81. The third kappa shape index (κ3) is 1.54. The lowest BCUT2D eigenvalue weighted by Gasteiger charge is -2.19. The van der Waals surface area contributed by atoms with E-state index in [9.17, 15) is 9.59 Å². The van der Waals surface area contributed by atoms with Crippen LogP contribution in [0, 0.1) is 17.8 Å². The zero-order chi connectivity index (χ0) is 10.3. The molecule has 0 heterocycles. The van der Waals surface area contributed by atoms with E-state index in [4.69, 9.17) is 0 Å². The van der Waals surface area contributed by atoms with Crippen LogP contribution in [0.5, 0.6) is 0 Å². The van der Waals surface area contributed by atoms with E-state index >= 15 is 0 Å². The van der Waals surface area contributed by atoms with Crippen LogP contribution in [0.15, 0.2) is 12.2 Å². The van der Waals surface area contributed by atoms with Crippen molar-refractivity contribution in [2.24, 2.45) is 17.8 Å². The minimum atomic E-state index is 0.176. The van der Waals surface area contributed by atoms with Crippen LogP contribution < -0.4 is 0 Å². The molecule has 0 aliphatic heterocycles. The number of ketones is 2. The van der Waals surface area contributed by atoms with Crippen LogP contribution in [-0.4, -0.2) is 11.6 Å². The number of hydrogen-bond donors (Lipinski definition) is 0. The lowest BCUT2D eigenvalue weighted by atomic mass is 9.84. The maximum Gasteiger partial charge on any atom is 0.158 e. The van der Waals surface area contributed by atoms with Gasteiger partial charge in [0.2, 0.25) is 0 Å². The van der Waals surface area contributed by atoms with Crippen LogP contribution in [-0.2, 0) is 9.59 Å². The summed E-state index contributed by atoms with van der Waals surface area (Å²) < 4.78 is 0. The molecule has 3 atom stereocenters. The van der Waals surface area contributed by atoms with Gasteiger partial charge in [-0.2, -0.15) is 0 Å². The Morgan fingerprint density at radius 3 is 2.64 bits per heavy atom. The second kappa shape index (κ2) is 3.34. The summed E-state index contributed by atoms with van der Waals surface area (Å²) in [5, 5.41) is 0. The standard InChI is InChI=1S/C12H16O2/c1-7(2)11(13)5-8-3-10-4-9(8)6-12(10)14/h8-10H,1,3-6H2,2H3. The Labute approximate surface area is 84.4 Å². The molecule has 2 nitrogen and oxygen atoms in total. The topological polar surface area (TPSA) is 34.1 Å². The Bertz CT molecular complexity index is 303. The first-order valence-corrected chi connectivity index (χ1v) is 5.29. The smallest absolute Gasteiger partial charge is 0.158 e. The zero-order valence-corrected chi connectivity index (χ0v) is 8.58. The minimum absolute atomic E-state index is 0.176. The van der Waals surface area contributed by atoms with Gasteiger partial charge in [-0.25, -0.2) is 0 Å². The number of rotatable bonds is 3. The molecule has 2 rings (SSSR count). The Morgan fingerprint density at radius 1 is 1.50 bits per heavy atom. The predicted molar refractivity (Wildman–Crippen MR) is 53.8 cm³/mol. The summed E-state index contributed by atoms with van der Waals surface area (Å²) in [5.74, 6) is 1.84. The predicted octanol–water partition coefficient (Wildman–Crippen LogP) is 2.14. The molecule has 2 bridgehead atoms. The number of carbonyl (C=O) groups is 2. The molecule has 2 aliphatic carbocycles. The Kier molecular flexibility index (Phi) is 2.30. The van der Waals surface area contributed by atoms with Crippen LogP contribution in [0.1, 0.15) is 32.6 Å². The van der Waals surface area contributed by atoms with E-state index in [0.29, 0.717) is 29.6 Å². The van der Waals surface area contributed by atoms with Crippen molar-refractivity contribution >= 4 is 11.6 Å². The van der Waals surface area contributed by atoms with Crippen molar-refractivity contribution in [2.75, 3.05) is 0 Å². The summed E-state index contributed by atoms with van der Waals surface area (Å²) in [5.41, 5.74) is 0.652. The highest BCUT2D eigenvalue weighted by Gasteiger charge is 2.45. The third-order valence-electron chi connectivity index (χ3n) is 3.68. The molecule has 0 amide bonds. The summed E-state index contributed by atoms with van der Waals surface area (Å²) in [7, 11) is 0. The van der Waals surface area contributed by atoms with E-state index in [1.807, 2.05) is 0 Å². The average molecular weight is 192 g/mol.